The van der Waals surface area contributed by atoms with Crippen molar-refractivity contribution in [2.75, 3.05) is 0 Å². The van der Waals surface area contributed by atoms with E-state index in [9.17, 15) is 23.9 Å². The average molecular weight is 418 g/mol. The van der Waals surface area contributed by atoms with Gasteiger partial charge in [-0.25, -0.2) is 4.39 Å². The van der Waals surface area contributed by atoms with Crippen LogP contribution in [0.25, 0.3) is 16.6 Å². The first-order chi connectivity index (χ1) is 13.3. The summed E-state index contributed by atoms with van der Waals surface area (Å²) < 4.78 is 16.0. The molecule has 1 aliphatic rings. The van der Waals surface area contributed by atoms with Gasteiger partial charge >= 0.3 is 51.4 Å². The molecule has 1 fully saturated rings. The van der Waals surface area contributed by atoms with E-state index < -0.39 is 28.8 Å². The number of benzene rings is 1. The molecule has 142 valence electrons. The molecule has 0 bridgehead atoms. The van der Waals surface area contributed by atoms with Crippen molar-refractivity contribution in [2.24, 2.45) is 5.73 Å². The van der Waals surface area contributed by atoms with Gasteiger partial charge in [0.15, 0.2) is 0 Å². The second-order valence-corrected chi connectivity index (χ2v) is 7.02. The van der Waals surface area contributed by atoms with Crippen LogP contribution in [-0.2, 0) is 0 Å². The Balaban J connectivity index is 0.00000240. The number of rotatable bonds is 4. The Hall–Kier alpha value is -1.84. The predicted molar refractivity (Wildman–Crippen MR) is 98.6 cm³/mol. The Morgan fingerprint density at radius 1 is 1.21 bits per heavy atom. The summed E-state index contributed by atoms with van der Waals surface area (Å²) in [6.45, 7) is 1.69. The summed E-state index contributed by atoms with van der Waals surface area (Å²) in [5.41, 5.74) is 6.80. The van der Waals surface area contributed by atoms with Crippen molar-refractivity contribution >= 4 is 17.4 Å². The number of nitrogens with zero attached hydrogens (tertiary/aromatic N) is 1. The van der Waals surface area contributed by atoms with Gasteiger partial charge in [0.2, 0.25) is 5.91 Å². The number of primary amides is 1. The predicted octanol–water partition coefficient (Wildman–Crippen LogP) is -1.24. The first kappa shape index (κ1) is 21.9. The molecule has 0 radical (unpaired) electrons. The van der Waals surface area contributed by atoms with Gasteiger partial charge in [0.05, 0.1) is 17.0 Å². The van der Waals surface area contributed by atoms with Gasteiger partial charge in [-0.05, 0) is 60.6 Å². The van der Waals surface area contributed by atoms with Gasteiger partial charge in [-0.15, -0.1) is 0 Å². The minimum Gasteiger partial charge on any atom is -0.545 e. The zero-order valence-corrected chi connectivity index (χ0v) is 19.1. The van der Waals surface area contributed by atoms with Gasteiger partial charge in [0, 0.05) is 17.3 Å². The minimum absolute atomic E-state index is 0. The third-order valence-electron chi connectivity index (χ3n) is 5.17. The zero-order chi connectivity index (χ0) is 20.2. The molecule has 0 unspecified atom stereocenters. The summed E-state index contributed by atoms with van der Waals surface area (Å²) in [5, 5.41) is 11.3. The molecule has 1 aliphatic carbocycles. The van der Waals surface area contributed by atoms with E-state index in [1.165, 1.54) is 18.2 Å². The summed E-state index contributed by atoms with van der Waals surface area (Å²) in [7, 11) is 0. The number of nitrogens with two attached hydrogens (primary N) is 1. The van der Waals surface area contributed by atoms with Gasteiger partial charge in [-0.2, -0.15) is 0 Å². The van der Waals surface area contributed by atoms with Crippen molar-refractivity contribution in [3.05, 3.63) is 75.0 Å². The van der Waals surface area contributed by atoms with Crippen molar-refractivity contribution < 1.29 is 70.5 Å². The van der Waals surface area contributed by atoms with Gasteiger partial charge < -0.3 is 15.6 Å². The minimum atomic E-state index is -1.58. The van der Waals surface area contributed by atoms with Gasteiger partial charge in [-0.3, -0.25) is 14.0 Å². The second kappa shape index (κ2) is 8.12. The fraction of sp³-hybridized carbons (Fsp3) is 0.190. The standard InChI is InChI=1S/C21H17FN2O4.K/c1-10-17(12-4-6-13(7-5-12)19(23)25)16(22)9-24-18(10)14(11-2-3-11)8-15(20(24)26)21(27)28;/h4-9,11H,2-3H2,1H3,(H2,23,25)(H,27,28);/q;+1/p-1. The quantitative estimate of drug-likeness (QED) is 0.535. The Kier molecular flexibility index (Phi) is 6.12. The number of carbonyl (C=O) groups is 2. The number of fused-ring (bicyclic) bond motifs is 1. The third kappa shape index (κ3) is 3.83. The summed E-state index contributed by atoms with van der Waals surface area (Å²) in [6, 6.07) is 7.55. The van der Waals surface area contributed by atoms with Crippen molar-refractivity contribution in [2.45, 2.75) is 25.7 Å². The monoisotopic (exact) mass is 418 g/mol. The van der Waals surface area contributed by atoms with Crippen LogP contribution < -0.4 is 67.8 Å². The Morgan fingerprint density at radius 3 is 2.34 bits per heavy atom. The molecule has 1 saturated carbocycles. The summed E-state index contributed by atoms with van der Waals surface area (Å²) in [6.07, 6.45) is 2.76. The van der Waals surface area contributed by atoms with E-state index >= 15 is 0 Å². The van der Waals surface area contributed by atoms with Crippen LogP contribution in [0, 0.1) is 12.7 Å². The number of hydrogen-bond acceptors (Lipinski definition) is 4. The molecule has 0 aliphatic heterocycles. The van der Waals surface area contributed by atoms with Crippen LogP contribution in [0.4, 0.5) is 4.39 Å². The SMILES string of the molecule is Cc1c(-c2ccc(C(N)=O)cc2)c(F)cn2c(=O)c(C(=O)[O-])cc(C3CC3)c12.[K+]. The molecule has 8 heteroatoms. The summed E-state index contributed by atoms with van der Waals surface area (Å²) in [4.78, 5) is 35.2. The third-order valence-corrected chi connectivity index (χ3v) is 5.17. The largest absolute Gasteiger partial charge is 1.00 e. The van der Waals surface area contributed by atoms with E-state index in [2.05, 4.69) is 0 Å². The maximum atomic E-state index is 15.0. The first-order valence-corrected chi connectivity index (χ1v) is 8.79. The molecule has 2 aromatic heterocycles. The number of hydrogen-bond donors (Lipinski definition) is 1. The van der Waals surface area contributed by atoms with Crippen LogP contribution in [-0.4, -0.2) is 16.3 Å². The number of carbonyl (C=O) groups excluding carboxylic acids is 2. The van der Waals surface area contributed by atoms with Crippen molar-refractivity contribution in [1.82, 2.24) is 4.40 Å². The summed E-state index contributed by atoms with van der Waals surface area (Å²) >= 11 is 0. The van der Waals surface area contributed by atoms with E-state index in [0.29, 0.717) is 33.3 Å². The number of aromatic nitrogens is 1. The second-order valence-electron chi connectivity index (χ2n) is 7.02. The fourth-order valence-electron chi connectivity index (χ4n) is 3.66. The number of halogens is 1. The van der Waals surface area contributed by atoms with Crippen LogP contribution in [0.15, 0.2) is 41.3 Å². The molecule has 3 aromatic rings. The van der Waals surface area contributed by atoms with Crippen LogP contribution in [0.2, 0.25) is 0 Å². The number of carboxylic acid groups (broad SMARTS) is 1. The number of aryl methyl sites for hydroxylation is 1. The fourth-order valence-corrected chi connectivity index (χ4v) is 3.66. The van der Waals surface area contributed by atoms with Crippen molar-refractivity contribution in [1.29, 1.82) is 0 Å². The van der Waals surface area contributed by atoms with Crippen LogP contribution >= 0.6 is 0 Å². The van der Waals surface area contributed by atoms with Gasteiger partial charge in [0.1, 0.15) is 5.82 Å². The zero-order valence-electron chi connectivity index (χ0n) is 16.0. The number of aromatic carboxylic acids is 1. The van der Waals surface area contributed by atoms with Crippen LogP contribution in [0.1, 0.15) is 50.6 Å². The molecular weight excluding hydrogens is 402 g/mol. The molecule has 4 rings (SSSR count). The van der Waals surface area contributed by atoms with Crippen LogP contribution in [0.5, 0.6) is 0 Å². The number of carboxylic acids is 1. The maximum Gasteiger partial charge on any atom is 1.00 e. The Bertz CT molecular complexity index is 1210. The van der Waals surface area contributed by atoms with Crippen molar-refractivity contribution in [3.8, 4) is 11.1 Å². The molecule has 1 amide bonds. The Morgan fingerprint density at radius 2 is 1.83 bits per heavy atom. The van der Waals surface area contributed by atoms with Crippen molar-refractivity contribution in [3.63, 3.8) is 0 Å². The smallest absolute Gasteiger partial charge is 0.545 e. The number of pyridine rings is 2. The van der Waals surface area contributed by atoms with Gasteiger partial charge in [0.25, 0.3) is 5.56 Å². The van der Waals surface area contributed by atoms with E-state index in [1.807, 2.05) is 0 Å². The molecule has 29 heavy (non-hydrogen) atoms. The average Bonchev–Trinajstić information content (AvgIpc) is 3.47. The van der Waals surface area contributed by atoms with Crippen LogP contribution in [0.3, 0.4) is 0 Å². The maximum absolute atomic E-state index is 15.0. The van der Waals surface area contributed by atoms with E-state index in [4.69, 9.17) is 5.73 Å². The Labute approximate surface area is 208 Å². The molecule has 0 saturated heterocycles. The van der Waals surface area contributed by atoms with E-state index in [-0.39, 0.29) is 57.3 Å². The molecule has 6 nitrogen and oxygen atoms in total. The molecule has 2 heterocycles. The number of amides is 1. The topological polar surface area (TPSA) is 105 Å². The molecule has 0 spiro atoms. The molecule has 1 aromatic carbocycles. The van der Waals surface area contributed by atoms with E-state index in [0.717, 1.165) is 23.4 Å². The molecule has 2 N–H and O–H groups in total. The van der Waals surface area contributed by atoms with E-state index in [1.54, 1.807) is 19.1 Å². The first-order valence-electron chi connectivity index (χ1n) is 8.79. The van der Waals surface area contributed by atoms with Gasteiger partial charge in [-0.1, -0.05) is 12.1 Å². The summed E-state index contributed by atoms with van der Waals surface area (Å²) in [5.74, 6) is -2.70. The molecular formula is C21H16FKN2O4. The molecule has 0 atom stereocenters. The normalized spacial score (nSPS) is 13.2.